The summed E-state index contributed by atoms with van der Waals surface area (Å²) in [4.78, 5) is 35.7. The van der Waals surface area contributed by atoms with Gasteiger partial charge in [0.05, 0.1) is 0 Å². The number of hydrogen-bond acceptors (Lipinski definition) is 3. The molecule has 0 aromatic rings. The average molecular weight is 348 g/mol. The summed E-state index contributed by atoms with van der Waals surface area (Å²) >= 11 is 0.681. The third kappa shape index (κ3) is 10.4. The molecule has 0 radical (unpaired) electrons. The third-order valence-corrected chi connectivity index (χ3v) is 9.16. The summed E-state index contributed by atoms with van der Waals surface area (Å²) in [6.45, 7) is 2.16. The predicted molar refractivity (Wildman–Crippen MR) is 82.9 cm³/mol. The van der Waals surface area contributed by atoms with Gasteiger partial charge in [-0.1, -0.05) is 51.9 Å². The molecule has 0 spiro atoms. The molecule has 0 saturated carbocycles. The molecule has 20 heavy (non-hydrogen) atoms. The van der Waals surface area contributed by atoms with E-state index in [2.05, 4.69) is 6.92 Å². The molecule has 4 N–H and O–H groups in total. The van der Waals surface area contributed by atoms with Gasteiger partial charge in [0.1, 0.15) is 0 Å². The standard InChI is InChI=1S/C11H26O6P2S/c1-2-3-4-5-6-7-8-9-10-20-11(18(12,13)14)19(15,16)17/h11H,2-10H2,1H3,(H2,12,13,14)(H2,15,16,17). The van der Waals surface area contributed by atoms with Gasteiger partial charge in [0.25, 0.3) is 0 Å². The first-order valence-corrected chi connectivity index (χ1v) is 11.3. The highest BCUT2D eigenvalue weighted by Crippen LogP contribution is 2.64. The topological polar surface area (TPSA) is 115 Å². The number of hydrogen-bond donors (Lipinski definition) is 4. The Morgan fingerprint density at radius 1 is 0.800 bits per heavy atom. The first kappa shape index (κ1) is 20.6. The van der Waals surface area contributed by atoms with Crippen LogP contribution in [-0.2, 0) is 9.13 Å². The third-order valence-electron chi connectivity index (χ3n) is 2.84. The van der Waals surface area contributed by atoms with Crippen LogP contribution in [0.1, 0.15) is 58.3 Å². The minimum atomic E-state index is -4.77. The molecular weight excluding hydrogens is 322 g/mol. The number of rotatable bonds is 12. The normalized spacial score (nSPS) is 13.1. The van der Waals surface area contributed by atoms with E-state index in [4.69, 9.17) is 19.6 Å². The highest BCUT2D eigenvalue weighted by atomic mass is 32.2. The zero-order chi connectivity index (χ0) is 15.6. The summed E-state index contributed by atoms with van der Waals surface area (Å²) in [7, 11) is -9.54. The fourth-order valence-electron chi connectivity index (χ4n) is 1.81. The average Bonchev–Trinajstić information content (AvgIpc) is 2.28. The van der Waals surface area contributed by atoms with Crippen molar-refractivity contribution >= 4 is 27.0 Å². The van der Waals surface area contributed by atoms with Crippen molar-refractivity contribution in [3.8, 4) is 0 Å². The summed E-state index contributed by atoms with van der Waals surface area (Å²) in [6, 6.07) is 0. The molecule has 6 nitrogen and oxygen atoms in total. The lowest BCUT2D eigenvalue weighted by molar-refractivity contribution is 0.352. The Kier molecular flexibility index (Phi) is 10.7. The monoisotopic (exact) mass is 348 g/mol. The molecule has 122 valence electrons. The van der Waals surface area contributed by atoms with E-state index in [1.54, 1.807) is 0 Å². The zero-order valence-electron chi connectivity index (χ0n) is 11.8. The van der Waals surface area contributed by atoms with Gasteiger partial charge in [0.2, 0.25) is 4.73 Å². The van der Waals surface area contributed by atoms with Crippen molar-refractivity contribution in [3.63, 3.8) is 0 Å². The van der Waals surface area contributed by atoms with Gasteiger partial charge in [-0.05, 0) is 12.2 Å². The van der Waals surface area contributed by atoms with Gasteiger partial charge in [-0.25, -0.2) is 0 Å². The SMILES string of the molecule is CCCCCCCCCCSC(P(=O)(O)O)P(=O)(O)O. The summed E-state index contributed by atoms with van der Waals surface area (Å²) in [5, 5.41) is 0. The second-order valence-electron chi connectivity index (χ2n) is 4.85. The van der Waals surface area contributed by atoms with E-state index in [1.165, 1.54) is 25.7 Å². The van der Waals surface area contributed by atoms with Crippen LogP contribution in [0.2, 0.25) is 0 Å². The zero-order valence-corrected chi connectivity index (χ0v) is 14.5. The van der Waals surface area contributed by atoms with Crippen molar-refractivity contribution in [2.45, 2.75) is 63.0 Å². The van der Waals surface area contributed by atoms with Gasteiger partial charge in [-0.3, -0.25) is 9.13 Å². The second-order valence-corrected chi connectivity index (χ2v) is 10.6. The van der Waals surface area contributed by atoms with E-state index in [0.29, 0.717) is 17.5 Å². The van der Waals surface area contributed by atoms with Crippen LogP contribution >= 0.6 is 27.0 Å². The maximum atomic E-state index is 11.0. The minimum absolute atomic E-state index is 0.357. The molecule has 0 rings (SSSR count). The number of thioether (sulfide) groups is 1. The van der Waals surface area contributed by atoms with Crippen LogP contribution in [0.5, 0.6) is 0 Å². The molecular formula is C11H26O6P2S. The molecule has 0 bridgehead atoms. The lowest BCUT2D eigenvalue weighted by atomic mass is 10.1. The van der Waals surface area contributed by atoms with E-state index in [9.17, 15) is 9.13 Å². The smallest absolute Gasteiger partial charge is 0.323 e. The molecule has 0 aliphatic carbocycles. The molecule has 0 atom stereocenters. The highest BCUT2D eigenvalue weighted by Gasteiger charge is 2.43. The van der Waals surface area contributed by atoms with E-state index >= 15 is 0 Å². The van der Waals surface area contributed by atoms with Crippen LogP contribution in [0.3, 0.4) is 0 Å². The lowest BCUT2D eigenvalue weighted by Gasteiger charge is -2.18. The predicted octanol–water partition coefficient (Wildman–Crippen LogP) is 3.50. The van der Waals surface area contributed by atoms with Gasteiger partial charge < -0.3 is 19.6 Å². The molecule has 9 heteroatoms. The van der Waals surface area contributed by atoms with Crippen molar-refractivity contribution in [2.75, 3.05) is 5.75 Å². The van der Waals surface area contributed by atoms with Gasteiger partial charge in [-0.2, -0.15) is 0 Å². The van der Waals surface area contributed by atoms with Gasteiger partial charge in [-0.15, -0.1) is 11.8 Å². The largest absolute Gasteiger partial charge is 0.350 e. The van der Waals surface area contributed by atoms with Crippen LogP contribution < -0.4 is 0 Å². The summed E-state index contributed by atoms with van der Waals surface area (Å²) in [5.74, 6) is 0.357. The number of unbranched alkanes of at least 4 members (excludes halogenated alkanes) is 7. The molecule has 0 aliphatic heterocycles. The van der Waals surface area contributed by atoms with Crippen LogP contribution in [0.25, 0.3) is 0 Å². The first-order chi connectivity index (χ1) is 9.19. The Morgan fingerprint density at radius 3 is 1.60 bits per heavy atom. The van der Waals surface area contributed by atoms with Crippen LogP contribution in [0.15, 0.2) is 0 Å². The van der Waals surface area contributed by atoms with E-state index in [0.717, 1.165) is 25.7 Å². The van der Waals surface area contributed by atoms with Crippen molar-refractivity contribution in [1.82, 2.24) is 0 Å². The Hall–Kier alpha value is 0.650. The fraction of sp³-hybridized carbons (Fsp3) is 1.00. The van der Waals surface area contributed by atoms with Crippen LogP contribution in [0, 0.1) is 0 Å². The maximum absolute atomic E-state index is 11.0. The van der Waals surface area contributed by atoms with Crippen LogP contribution in [-0.4, -0.2) is 30.1 Å². The van der Waals surface area contributed by atoms with Crippen molar-refractivity contribution in [1.29, 1.82) is 0 Å². The second kappa shape index (κ2) is 10.4. The maximum Gasteiger partial charge on any atom is 0.350 e. The minimum Gasteiger partial charge on any atom is -0.323 e. The molecule has 0 saturated heterocycles. The van der Waals surface area contributed by atoms with Gasteiger partial charge in [0.15, 0.2) is 0 Å². The van der Waals surface area contributed by atoms with E-state index < -0.39 is 19.9 Å². The molecule has 0 amide bonds. The van der Waals surface area contributed by atoms with Crippen LogP contribution in [0.4, 0.5) is 0 Å². The van der Waals surface area contributed by atoms with Crippen molar-refractivity contribution < 1.29 is 28.7 Å². The van der Waals surface area contributed by atoms with E-state index in [1.807, 2.05) is 0 Å². The molecule has 0 aromatic carbocycles. The molecule has 0 heterocycles. The van der Waals surface area contributed by atoms with Crippen molar-refractivity contribution in [2.24, 2.45) is 0 Å². The first-order valence-electron chi connectivity index (χ1n) is 6.91. The summed E-state index contributed by atoms with van der Waals surface area (Å²) in [6.07, 6.45) is 8.75. The van der Waals surface area contributed by atoms with Gasteiger partial charge >= 0.3 is 15.2 Å². The molecule has 0 fully saturated rings. The van der Waals surface area contributed by atoms with E-state index in [-0.39, 0.29) is 0 Å². The fourth-order valence-corrected chi connectivity index (χ4v) is 6.15. The van der Waals surface area contributed by atoms with Gasteiger partial charge in [0, 0.05) is 0 Å². The molecule has 0 unspecified atom stereocenters. The quantitative estimate of drug-likeness (QED) is 0.315. The highest BCUT2D eigenvalue weighted by molar-refractivity contribution is 8.12. The molecule has 0 aromatic heterocycles. The summed E-state index contributed by atoms with van der Waals surface area (Å²) in [5.41, 5.74) is 0. The Bertz CT molecular complexity index is 318. The molecule has 0 aliphatic rings. The Labute approximate surface area is 125 Å². The lowest BCUT2D eigenvalue weighted by Crippen LogP contribution is -2.05. The Balaban J connectivity index is 3.77. The van der Waals surface area contributed by atoms with Crippen molar-refractivity contribution in [3.05, 3.63) is 0 Å². The Morgan fingerprint density at radius 2 is 1.20 bits per heavy atom. The summed E-state index contributed by atoms with van der Waals surface area (Å²) < 4.78 is 20.1.